The van der Waals surface area contributed by atoms with Crippen molar-refractivity contribution in [2.75, 3.05) is 6.54 Å². The van der Waals surface area contributed by atoms with E-state index in [9.17, 15) is 31.1 Å². The van der Waals surface area contributed by atoms with Crippen LogP contribution < -0.4 is 5.73 Å². The monoisotopic (exact) mass is 410 g/mol. The van der Waals surface area contributed by atoms with E-state index in [1.807, 2.05) is 0 Å². The Bertz CT molecular complexity index is 742. The van der Waals surface area contributed by atoms with Gasteiger partial charge in [0.2, 0.25) is 5.91 Å². The zero-order valence-electron chi connectivity index (χ0n) is 15.2. The first kappa shape index (κ1) is 20.9. The Kier molecular flexibility index (Phi) is 4.94. The van der Waals surface area contributed by atoms with Crippen molar-refractivity contribution < 1.29 is 35.9 Å². The fourth-order valence-corrected chi connectivity index (χ4v) is 3.90. The van der Waals surface area contributed by atoms with E-state index in [2.05, 4.69) is 0 Å². The van der Waals surface area contributed by atoms with Gasteiger partial charge in [0.05, 0.1) is 28.9 Å². The number of nitrogens with zero attached hydrogens (tertiary/aromatic N) is 1. The first-order valence-electron chi connectivity index (χ1n) is 8.73. The van der Waals surface area contributed by atoms with Crippen molar-refractivity contribution in [3.05, 3.63) is 34.9 Å². The number of fused-ring (bicyclic) bond motifs is 1. The van der Waals surface area contributed by atoms with E-state index < -0.39 is 41.2 Å². The number of rotatable bonds is 3. The lowest BCUT2D eigenvalue weighted by Gasteiger charge is -2.23. The minimum Gasteiger partial charge on any atom is -0.369 e. The number of carbonyl (C=O) groups is 1. The minimum absolute atomic E-state index is 0.0859. The summed E-state index contributed by atoms with van der Waals surface area (Å²) in [5.41, 5.74) is 1.98. The maximum Gasteiger partial charge on any atom is 0.416 e. The first-order chi connectivity index (χ1) is 12.7. The number of carbonyl (C=O) groups excluding carboxylic acids is 1. The molecule has 1 aromatic carbocycles. The Morgan fingerprint density at radius 1 is 1.14 bits per heavy atom. The standard InChI is InChI=1S/C18H20F6N2O2/c1-9(28-14-6-13-7-16(2,25)15(27)26(13)8-14)10-3-11(17(19,20)21)5-12(4-10)18(22,23)24/h3-5,9,13-14H,6-8,25H2,1-2H3/t9-,13-,14-,16?/m1/s1. The van der Waals surface area contributed by atoms with Crippen molar-refractivity contribution in [2.45, 2.75) is 62.8 Å². The summed E-state index contributed by atoms with van der Waals surface area (Å²) < 4.78 is 83.8. The van der Waals surface area contributed by atoms with E-state index in [4.69, 9.17) is 10.5 Å². The molecule has 10 heteroatoms. The predicted molar refractivity (Wildman–Crippen MR) is 87.1 cm³/mol. The van der Waals surface area contributed by atoms with Crippen molar-refractivity contribution in [3.8, 4) is 0 Å². The van der Waals surface area contributed by atoms with Crippen molar-refractivity contribution in [1.82, 2.24) is 4.90 Å². The molecular formula is C18H20F6N2O2. The van der Waals surface area contributed by atoms with Crippen LogP contribution >= 0.6 is 0 Å². The van der Waals surface area contributed by atoms with Gasteiger partial charge in [-0.05, 0) is 50.5 Å². The smallest absolute Gasteiger partial charge is 0.369 e. The molecule has 1 amide bonds. The third-order valence-electron chi connectivity index (χ3n) is 5.26. The summed E-state index contributed by atoms with van der Waals surface area (Å²) >= 11 is 0. The Morgan fingerprint density at radius 3 is 2.14 bits per heavy atom. The summed E-state index contributed by atoms with van der Waals surface area (Å²) in [5.74, 6) is -0.227. The van der Waals surface area contributed by atoms with E-state index in [0.29, 0.717) is 25.0 Å². The maximum atomic E-state index is 13.0. The van der Waals surface area contributed by atoms with Gasteiger partial charge in [-0.3, -0.25) is 4.79 Å². The fraction of sp³-hybridized carbons (Fsp3) is 0.611. The molecule has 156 valence electrons. The number of nitrogens with two attached hydrogens (primary N) is 1. The lowest BCUT2D eigenvalue weighted by Crippen LogP contribution is -2.45. The minimum atomic E-state index is -4.91. The Morgan fingerprint density at radius 2 is 1.68 bits per heavy atom. The highest BCUT2D eigenvalue weighted by molar-refractivity contribution is 5.88. The topological polar surface area (TPSA) is 55.6 Å². The van der Waals surface area contributed by atoms with E-state index >= 15 is 0 Å². The third-order valence-corrected chi connectivity index (χ3v) is 5.26. The van der Waals surface area contributed by atoms with Crippen LogP contribution in [-0.4, -0.2) is 35.0 Å². The van der Waals surface area contributed by atoms with Gasteiger partial charge in [0, 0.05) is 12.6 Å². The van der Waals surface area contributed by atoms with Crippen LogP contribution in [0.15, 0.2) is 18.2 Å². The van der Waals surface area contributed by atoms with Crippen LogP contribution in [0.3, 0.4) is 0 Å². The molecule has 3 rings (SSSR count). The van der Waals surface area contributed by atoms with Gasteiger partial charge >= 0.3 is 12.4 Å². The highest BCUT2D eigenvalue weighted by Crippen LogP contribution is 2.40. The molecule has 2 saturated heterocycles. The molecular weight excluding hydrogens is 390 g/mol. The SMILES string of the molecule is C[C@@H](O[C@@H]1C[C@@H]2CC(C)(N)C(=O)N2C1)c1cc(C(F)(F)F)cc(C(F)(F)F)c1. The number of benzene rings is 1. The van der Waals surface area contributed by atoms with Crippen molar-refractivity contribution in [3.63, 3.8) is 0 Å². The van der Waals surface area contributed by atoms with E-state index in [-0.39, 0.29) is 30.1 Å². The van der Waals surface area contributed by atoms with Gasteiger partial charge in [0.25, 0.3) is 0 Å². The normalized spacial score (nSPS) is 29.3. The summed E-state index contributed by atoms with van der Waals surface area (Å²) in [6.45, 7) is 3.24. The van der Waals surface area contributed by atoms with Gasteiger partial charge in [-0.1, -0.05) is 0 Å². The van der Waals surface area contributed by atoms with Crippen LogP contribution in [0.4, 0.5) is 26.3 Å². The zero-order valence-corrected chi connectivity index (χ0v) is 15.2. The Labute approximate surface area is 157 Å². The summed E-state index contributed by atoms with van der Waals surface area (Å²) in [4.78, 5) is 13.8. The Balaban J connectivity index is 1.78. The van der Waals surface area contributed by atoms with E-state index in [1.54, 1.807) is 11.8 Å². The lowest BCUT2D eigenvalue weighted by molar-refractivity contribution is -0.143. The molecule has 1 aromatic rings. The van der Waals surface area contributed by atoms with Gasteiger partial charge in [-0.15, -0.1) is 0 Å². The van der Waals surface area contributed by atoms with Gasteiger partial charge in [0.15, 0.2) is 0 Å². The first-order valence-corrected chi connectivity index (χ1v) is 8.73. The molecule has 2 N–H and O–H groups in total. The average molecular weight is 410 g/mol. The quantitative estimate of drug-likeness (QED) is 0.770. The van der Waals surface area contributed by atoms with Crippen LogP contribution in [0.25, 0.3) is 0 Å². The molecule has 2 heterocycles. The Hall–Kier alpha value is -1.81. The van der Waals surface area contributed by atoms with Crippen molar-refractivity contribution in [2.24, 2.45) is 5.73 Å². The van der Waals surface area contributed by atoms with Gasteiger partial charge in [-0.2, -0.15) is 26.3 Å². The molecule has 0 aliphatic carbocycles. The molecule has 2 fully saturated rings. The second kappa shape index (κ2) is 6.62. The van der Waals surface area contributed by atoms with Gasteiger partial charge in [0.1, 0.15) is 0 Å². The molecule has 0 spiro atoms. The molecule has 28 heavy (non-hydrogen) atoms. The third kappa shape index (κ3) is 3.98. The van der Waals surface area contributed by atoms with Gasteiger partial charge in [-0.25, -0.2) is 0 Å². The largest absolute Gasteiger partial charge is 0.416 e. The predicted octanol–water partition coefficient (Wildman–Crippen LogP) is 3.89. The average Bonchev–Trinajstić information content (AvgIpc) is 3.01. The second-order valence-electron chi connectivity index (χ2n) is 7.71. The van der Waals surface area contributed by atoms with E-state index in [0.717, 1.165) is 0 Å². The molecule has 0 saturated carbocycles. The molecule has 4 nitrogen and oxygen atoms in total. The van der Waals surface area contributed by atoms with Crippen molar-refractivity contribution >= 4 is 5.91 Å². The summed E-state index contributed by atoms with van der Waals surface area (Å²) in [6.07, 6.45) is -10.4. The number of amides is 1. The molecule has 0 aromatic heterocycles. The van der Waals surface area contributed by atoms with Crippen LogP contribution in [0, 0.1) is 0 Å². The number of ether oxygens (including phenoxy) is 1. The number of hydrogen-bond donors (Lipinski definition) is 1. The number of halogens is 6. The van der Waals surface area contributed by atoms with Crippen molar-refractivity contribution in [1.29, 1.82) is 0 Å². The summed E-state index contributed by atoms with van der Waals surface area (Å²) in [5, 5.41) is 0. The maximum absolute atomic E-state index is 13.0. The van der Waals surface area contributed by atoms with Crippen LogP contribution in [0.2, 0.25) is 0 Å². The highest BCUT2D eigenvalue weighted by Gasteiger charge is 2.50. The molecule has 0 radical (unpaired) electrons. The summed E-state index contributed by atoms with van der Waals surface area (Å²) in [6, 6.07) is 1.28. The second-order valence-corrected chi connectivity index (χ2v) is 7.71. The molecule has 2 aliphatic heterocycles. The molecule has 1 unspecified atom stereocenters. The zero-order chi connectivity index (χ0) is 21.1. The lowest BCUT2D eigenvalue weighted by atomic mass is 9.97. The summed E-state index contributed by atoms with van der Waals surface area (Å²) in [7, 11) is 0. The molecule has 2 aliphatic rings. The van der Waals surface area contributed by atoms with E-state index in [1.165, 1.54) is 6.92 Å². The molecule has 0 bridgehead atoms. The highest BCUT2D eigenvalue weighted by atomic mass is 19.4. The number of hydrogen-bond acceptors (Lipinski definition) is 3. The van der Waals surface area contributed by atoms with Crippen LogP contribution in [0.5, 0.6) is 0 Å². The fourth-order valence-electron chi connectivity index (χ4n) is 3.90. The van der Waals surface area contributed by atoms with Gasteiger partial charge < -0.3 is 15.4 Å². The molecule has 4 atom stereocenters. The number of alkyl halides is 6. The van der Waals surface area contributed by atoms with Crippen LogP contribution in [-0.2, 0) is 21.9 Å². The van der Waals surface area contributed by atoms with Crippen LogP contribution in [0.1, 0.15) is 49.5 Å².